The molecule has 0 saturated carbocycles. The summed E-state index contributed by atoms with van der Waals surface area (Å²) in [5.74, 6) is -1.03. The van der Waals surface area contributed by atoms with E-state index in [4.69, 9.17) is 4.74 Å². The first-order valence-electron chi connectivity index (χ1n) is 9.78. The number of ether oxygens (including phenoxy) is 1. The quantitative estimate of drug-likeness (QED) is 0.375. The van der Waals surface area contributed by atoms with Gasteiger partial charge in [-0.2, -0.15) is 14.2 Å². The van der Waals surface area contributed by atoms with Gasteiger partial charge >= 0.3 is 13.8 Å². The molecule has 1 saturated heterocycles. The van der Waals surface area contributed by atoms with Crippen molar-refractivity contribution in [2.24, 2.45) is 5.92 Å². The number of hydrogen-bond donors (Lipinski definition) is 1. The van der Waals surface area contributed by atoms with Crippen LogP contribution in [0.25, 0.3) is 0 Å². The molecule has 5 nitrogen and oxygen atoms in total. The predicted octanol–water partition coefficient (Wildman–Crippen LogP) is 5.04. The normalized spacial score (nSPS) is 16.3. The minimum atomic E-state index is -3.11. The van der Waals surface area contributed by atoms with Gasteiger partial charge in [0, 0.05) is 0 Å². The lowest BCUT2D eigenvalue weighted by Crippen LogP contribution is -2.31. The summed E-state index contributed by atoms with van der Waals surface area (Å²) in [6.45, 7) is 11.3. The molecule has 0 radical (unpaired) electrons. The van der Waals surface area contributed by atoms with Gasteiger partial charge in [0.05, 0.1) is 31.1 Å². The van der Waals surface area contributed by atoms with E-state index in [1.54, 1.807) is 13.0 Å². The molecule has 3 rings (SSSR count). The fourth-order valence-electron chi connectivity index (χ4n) is 3.68. The van der Waals surface area contributed by atoms with Crippen molar-refractivity contribution in [3.05, 3.63) is 85.2 Å². The Balaban J connectivity index is 2.08. The van der Waals surface area contributed by atoms with Crippen LogP contribution in [0.5, 0.6) is 0 Å². The lowest BCUT2D eigenvalue weighted by molar-refractivity contribution is -0.146. The van der Waals surface area contributed by atoms with Gasteiger partial charge in [0.2, 0.25) is 0 Å². The molecular formula is C23H28N2O3P+. The van der Waals surface area contributed by atoms with E-state index in [0.29, 0.717) is 24.8 Å². The van der Waals surface area contributed by atoms with Gasteiger partial charge in [-0.3, -0.25) is 4.79 Å². The lowest BCUT2D eigenvalue weighted by Gasteiger charge is -2.34. The molecule has 1 aliphatic rings. The SMILES string of the molecule is C=CCC(C(=C)[P+]1(O)N(c2ccccc2)CCN1c1ccccc1)C(=O)OCC. The Morgan fingerprint density at radius 3 is 2.00 bits per heavy atom. The fourth-order valence-corrected chi connectivity index (χ4v) is 6.83. The van der Waals surface area contributed by atoms with Crippen LogP contribution in [0.2, 0.25) is 0 Å². The summed E-state index contributed by atoms with van der Waals surface area (Å²) in [6.07, 6.45) is 2.04. The zero-order chi connectivity index (χ0) is 20.9. The van der Waals surface area contributed by atoms with Crippen LogP contribution in [0.15, 0.2) is 85.2 Å². The molecule has 0 amide bonds. The first-order valence-corrected chi connectivity index (χ1v) is 11.4. The Morgan fingerprint density at radius 1 is 1.10 bits per heavy atom. The molecule has 2 aromatic carbocycles. The number of benzene rings is 2. The van der Waals surface area contributed by atoms with Gasteiger partial charge in [0.25, 0.3) is 0 Å². The highest BCUT2D eigenvalue weighted by Gasteiger charge is 2.61. The van der Waals surface area contributed by atoms with Crippen LogP contribution in [-0.4, -0.2) is 30.6 Å². The molecule has 6 heteroatoms. The van der Waals surface area contributed by atoms with E-state index >= 15 is 0 Å². The number of esters is 1. The Bertz CT molecular complexity index is 809. The Hall–Kier alpha value is -2.62. The molecule has 1 atom stereocenters. The van der Waals surface area contributed by atoms with Gasteiger partial charge in [-0.25, -0.2) is 0 Å². The minimum Gasteiger partial charge on any atom is -0.465 e. The molecule has 2 aromatic rings. The Labute approximate surface area is 173 Å². The van der Waals surface area contributed by atoms with Crippen LogP contribution in [0, 0.1) is 5.92 Å². The molecule has 1 aliphatic heterocycles. The van der Waals surface area contributed by atoms with Crippen molar-refractivity contribution in [1.82, 2.24) is 0 Å². The van der Waals surface area contributed by atoms with E-state index in [9.17, 15) is 9.69 Å². The van der Waals surface area contributed by atoms with Crippen molar-refractivity contribution in [3.63, 3.8) is 0 Å². The average Bonchev–Trinajstić information content (AvgIpc) is 3.11. The van der Waals surface area contributed by atoms with Crippen LogP contribution < -0.4 is 9.34 Å². The molecule has 1 N–H and O–H groups in total. The van der Waals surface area contributed by atoms with Crippen LogP contribution in [0.4, 0.5) is 11.4 Å². The molecule has 0 spiro atoms. The number of carbonyl (C=O) groups is 1. The summed E-state index contributed by atoms with van der Waals surface area (Å²) in [4.78, 5) is 24.9. The number of rotatable bonds is 8. The summed E-state index contributed by atoms with van der Waals surface area (Å²) < 4.78 is 9.28. The predicted molar refractivity (Wildman–Crippen MR) is 121 cm³/mol. The van der Waals surface area contributed by atoms with E-state index in [1.165, 1.54) is 0 Å². The maximum absolute atomic E-state index is 12.7. The second-order valence-electron chi connectivity index (χ2n) is 6.81. The van der Waals surface area contributed by atoms with Gasteiger partial charge in [-0.15, -0.1) is 6.58 Å². The Kier molecular flexibility index (Phi) is 6.73. The number of anilines is 2. The monoisotopic (exact) mass is 411 g/mol. The Morgan fingerprint density at radius 2 is 1.59 bits per heavy atom. The third kappa shape index (κ3) is 4.07. The molecule has 0 aromatic heterocycles. The number of hydrogen-bond acceptors (Lipinski definition) is 5. The molecule has 29 heavy (non-hydrogen) atoms. The van der Waals surface area contributed by atoms with Crippen molar-refractivity contribution in [2.75, 3.05) is 29.0 Å². The van der Waals surface area contributed by atoms with Crippen LogP contribution >= 0.6 is 7.79 Å². The average molecular weight is 411 g/mol. The number of allylic oxidation sites excluding steroid dienone is 1. The van der Waals surface area contributed by atoms with Crippen molar-refractivity contribution >= 4 is 25.1 Å². The van der Waals surface area contributed by atoms with Crippen molar-refractivity contribution in [1.29, 1.82) is 0 Å². The number of nitrogens with zero attached hydrogens (tertiary/aromatic N) is 2. The van der Waals surface area contributed by atoms with Gasteiger partial charge in [0.15, 0.2) is 5.31 Å². The summed E-state index contributed by atoms with van der Waals surface area (Å²) in [5.41, 5.74) is 1.81. The van der Waals surface area contributed by atoms with E-state index < -0.39 is 13.7 Å². The van der Waals surface area contributed by atoms with Crippen LogP contribution in [-0.2, 0) is 9.53 Å². The summed E-state index contributed by atoms with van der Waals surface area (Å²) in [7, 11) is -3.11. The number of carbonyl (C=O) groups excluding carboxylic acids is 1. The first-order chi connectivity index (χ1) is 14.0. The van der Waals surface area contributed by atoms with Gasteiger partial charge in [-0.1, -0.05) is 49.1 Å². The van der Waals surface area contributed by atoms with Gasteiger partial charge < -0.3 is 4.74 Å². The maximum atomic E-state index is 12.7. The van der Waals surface area contributed by atoms with Crippen LogP contribution in [0.1, 0.15) is 13.3 Å². The van der Waals surface area contributed by atoms with E-state index in [-0.39, 0.29) is 12.6 Å². The zero-order valence-corrected chi connectivity index (χ0v) is 17.7. The highest BCUT2D eigenvalue weighted by molar-refractivity contribution is 7.77. The third-order valence-corrected chi connectivity index (χ3v) is 8.36. The largest absolute Gasteiger partial charge is 0.465 e. The molecular weight excluding hydrogens is 383 g/mol. The summed E-state index contributed by atoms with van der Waals surface area (Å²) in [6, 6.07) is 19.6. The van der Waals surface area contributed by atoms with Crippen molar-refractivity contribution in [2.45, 2.75) is 13.3 Å². The molecule has 1 fully saturated rings. The van der Waals surface area contributed by atoms with Crippen molar-refractivity contribution in [3.8, 4) is 0 Å². The van der Waals surface area contributed by atoms with Crippen LogP contribution in [0.3, 0.4) is 0 Å². The van der Waals surface area contributed by atoms with E-state index in [2.05, 4.69) is 13.2 Å². The van der Waals surface area contributed by atoms with E-state index in [1.807, 2.05) is 70.0 Å². The van der Waals surface area contributed by atoms with Gasteiger partial charge in [0.1, 0.15) is 5.92 Å². The standard InChI is InChI=1S/C23H28N2O3P/c1-4-12-22(23(26)28-5-2)19(3)29(27)24(20-13-8-6-9-14-20)17-18-25(29)21-15-10-7-11-16-21/h4,6-11,13-16,22,27H,1,3,5,12,17-18H2,2H3/q+1. The third-order valence-electron chi connectivity index (χ3n) is 5.07. The zero-order valence-electron chi connectivity index (χ0n) is 16.8. The van der Waals surface area contributed by atoms with E-state index in [0.717, 1.165) is 11.4 Å². The smallest absolute Gasteiger partial charge is 0.362 e. The first kappa shape index (κ1) is 21.1. The molecule has 1 unspecified atom stereocenters. The highest BCUT2D eigenvalue weighted by atomic mass is 31.2. The summed E-state index contributed by atoms with van der Waals surface area (Å²) >= 11 is 0. The van der Waals surface area contributed by atoms with Crippen molar-refractivity contribution < 1.29 is 14.4 Å². The summed E-state index contributed by atoms with van der Waals surface area (Å²) in [5, 5.41) is 0.487. The molecule has 152 valence electrons. The second-order valence-corrected chi connectivity index (χ2v) is 9.48. The fraction of sp³-hybridized carbons (Fsp3) is 0.261. The molecule has 0 bridgehead atoms. The molecule has 1 heterocycles. The van der Waals surface area contributed by atoms with Gasteiger partial charge in [-0.05, 0) is 37.6 Å². The maximum Gasteiger partial charge on any atom is 0.362 e. The molecule has 0 aliphatic carbocycles. The minimum absolute atomic E-state index is 0.279. The highest BCUT2D eigenvalue weighted by Crippen LogP contribution is 2.73. The topological polar surface area (TPSA) is 53.0 Å². The number of para-hydroxylation sites is 2. The second kappa shape index (κ2) is 9.25. The lowest BCUT2D eigenvalue weighted by atomic mass is 10.1.